The molecule has 158 valence electrons. The summed E-state index contributed by atoms with van der Waals surface area (Å²) >= 11 is 6.07. The highest BCUT2D eigenvalue weighted by Gasteiger charge is 2.13. The fourth-order valence-electron chi connectivity index (χ4n) is 3.65. The number of aromatic nitrogens is 3. The number of hydrogen-bond acceptors (Lipinski definition) is 4. The van der Waals surface area contributed by atoms with E-state index in [1.165, 1.54) is 18.5 Å². The Balaban J connectivity index is 1.52. The molecule has 0 radical (unpaired) electrons. The van der Waals surface area contributed by atoms with E-state index in [1.54, 1.807) is 24.3 Å². The summed E-state index contributed by atoms with van der Waals surface area (Å²) in [6.45, 7) is 5.04. The number of rotatable bonds is 6. The first-order chi connectivity index (χ1) is 14.8. The molecule has 0 saturated carbocycles. The minimum Gasteiger partial charge on any atom is -0.478 e. The third-order valence-electron chi connectivity index (χ3n) is 5.24. The number of aromatic carboxylic acids is 1. The van der Waals surface area contributed by atoms with Gasteiger partial charge in [-0.2, -0.15) is 0 Å². The lowest BCUT2D eigenvalue weighted by Crippen LogP contribution is -2.13. The smallest absolute Gasteiger partial charge is 0.337 e. The van der Waals surface area contributed by atoms with Crippen LogP contribution in [0.1, 0.15) is 21.6 Å². The largest absolute Gasteiger partial charge is 0.478 e. The molecule has 0 bridgehead atoms. The molecular weight excluding hydrogens is 419 g/mol. The Morgan fingerprint density at radius 2 is 1.97 bits per heavy atom. The summed E-state index contributed by atoms with van der Waals surface area (Å²) in [7, 11) is 0. The highest BCUT2D eigenvalue weighted by Crippen LogP contribution is 2.27. The van der Waals surface area contributed by atoms with Gasteiger partial charge in [-0.15, -0.1) is 0 Å². The Hall–Kier alpha value is -3.45. The van der Waals surface area contributed by atoms with Gasteiger partial charge in [0, 0.05) is 35.8 Å². The van der Waals surface area contributed by atoms with Crippen LogP contribution in [0.4, 0.5) is 10.2 Å². The van der Waals surface area contributed by atoms with Gasteiger partial charge >= 0.3 is 5.97 Å². The van der Waals surface area contributed by atoms with E-state index >= 15 is 0 Å². The maximum absolute atomic E-state index is 14.4. The average molecular weight is 439 g/mol. The summed E-state index contributed by atoms with van der Waals surface area (Å²) < 4.78 is 16.4. The molecule has 8 heteroatoms. The van der Waals surface area contributed by atoms with Gasteiger partial charge in [0.05, 0.1) is 21.8 Å². The van der Waals surface area contributed by atoms with E-state index in [9.17, 15) is 9.18 Å². The summed E-state index contributed by atoms with van der Waals surface area (Å²) in [6, 6.07) is 11.7. The lowest BCUT2D eigenvalue weighted by Gasteiger charge is -2.11. The Kier molecular flexibility index (Phi) is 5.61. The van der Waals surface area contributed by atoms with Crippen molar-refractivity contribution in [1.29, 1.82) is 0 Å². The van der Waals surface area contributed by atoms with E-state index in [0.29, 0.717) is 35.7 Å². The molecule has 0 amide bonds. The second kappa shape index (κ2) is 8.35. The van der Waals surface area contributed by atoms with E-state index in [0.717, 1.165) is 16.6 Å². The number of halogens is 2. The number of benzene rings is 2. The molecule has 0 fully saturated rings. The van der Waals surface area contributed by atoms with Crippen LogP contribution in [-0.4, -0.2) is 32.2 Å². The number of nitrogens with zero attached hydrogens (tertiary/aromatic N) is 3. The molecule has 2 aromatic heterocycles. The highest BCUT2D eigenvalue weighted by molar-refractivity contribution is 6.33. The number of anilines is 1. The van der Waals surface area contributed by atoms with Gasteiger partial charge in [-0.25, -0.2) is 19.2 Å². The summed E-state index contributed by atoms with van der Waals surface area (Å²) in [6.07, 6.45) is 1.43. The minimum atomic E-state index is -1.08. The first kappa shape index (κ1) is 20.8. The third kappa shape index (κ3) is 4.09. The average Bonchev–Trinajstić information content (AvgIpc) is 3.08. The predicted octanol–water partition coefficient (Wildman–Crippen LogP) is 5.32. The van der Waals surface area contributed by atoms with Crippen molar-refractivity contribution < 1.29 is 14.3 Å². The molecule has 0 saturated heterocycles. The quantitative estimate of drug-likeness (QED) is 0.426. The summed E-state index contributed by atoms with van der Waals surface area (Å²) in [5, 5.41) is 13.4. The van der Waals surface area contributed by atoms with Crippen LogP contribution in [0.5, 0.6) is 0 Å². The molecule has 0 aliphatic carbocycles. The van der Waals surface area contributed by atoms with Crippen molar-refractivity contribution >= 4 is 34.3 Å². The van der Waals surface area contributed by atoms with Gasteiger partial charge in [0.2, 0.25) is 0 Å². The molecule has 31 heavy (non-hydrogen) atoms. The number of carboxylic acids is 1. The van der Waals surface area contributed by atoms with Crippen molar-refractivity contribution in [2.75, 3.05) is 11.9 Å². The van der Waals surface area contributed by atoms with Gasteiger partial charge in [-0.05, 0) is 43.7 Å². The lowest BCUT2D eigenvalue weighted by molar-refractivity contribution is 0.0697. The number of carboxylic acid groups (broad SMARTS) is 1. The second-order valence-electron chi connectivity index (χ2n) is 7.28. The van der Waals surface area contributed by atoms with Crippen LogP contribution in [0.2, 0.25) is 5.02 Å². The van der Waals surface area contributed by atoms with Gasteiger partial charge < -0.3 is 15.0 Å². The number of hydrogen-bond donors (Lipinski definition) is 2. The molecule has 0 unspecified atom stereocenters. The van der Waals surface area contributed by atoms with Crippen molar-refractivity contribution in [3.8, 4) is 11.3 Å². The molecule has 2 N–H and O–H groups in total. The highest BCUT2D eigenvalue weighted by atomic mass is 35.5. The van der Waals surface area contributed by atoms with Crippen LogP contribution in [-0.2, 0) is 6.54 Å². The Morgan fingerprint density at radius 1 is 1.16 bits per heavy atom. The van der Waals surface area contributed by atoms with Crippen LogP contribution in [0.25, 0.3) is 22.2 Å². The first-order valence-corrected chi connectivity index (χ1v) is 10.1. The van der Waals surface area contributed by atoms with E-state index in [-0.39, 0.29) is 16.4 Å². The molecule has 4 rings (SSSR count). The van der Waals surface area contributed by atoms with Crippen LogP contribution in [0.15, 0.2) is 48.8 Å². The Bertz CT molecular complexity index is 1300. The standard InChI is InChI=1S/C23H20ClFN4O2/c1-13-3-6-19(25)22-17(13)9-14(2)29(22)8-7-26-21-11-20(27-12-28-21)15-4-5-16(23(30)31)18(24)10-15/h3-6,9-12H,7-8H2,1-2H3,(H,30,31)(H,26,27,28). The zero-order valence-electron chi connectivity index (χ0n) is 17.0. The summed E-state index contributed by atoms with van der Waals surface area (Å²) in [5.74, 6) is -0.713. The second-order valence-corrected chi connectivity index (χ2v) is 7.69. The SMILES string of the molecule is Cc1ccc(F)c2c1cc(C)n2CCNc1cc(-c2ccc(C(=O)O)c(Cl)c2)ncn1. The lowest BCUT2D eigenvalue weighted by atomic mass is 10.1. The van der Waals surface area contributed by atoms with Gasteiger partial charge in [-0.3, -0.25) is 0 Å². The molecule has 0 aliphatic rings. The van der Waals surface area contributed by atoms with E-state index in [2.05, 4.69) is 15.3 Å². The van der Waals surface area contributed by atoms with Gasteiger partial charge in [0.25, 0.3) is 0 Å². The van der Waals surface area contributed by atoms with Crippen LogP contribution in [0, 0.1) is 19.7 Å². The normalized spacial score (nSPS) is 11.1. The van der Waals surface area contributed by atoms with Crippen LogP contribution >= 0.6 is 11.6 Å². The molecular formula is C23H20ClFN4O2. The molecule has 0 spiro atoms. The molecule has 0 aliphatic heterocycles. The summed E-state index contributed by atoms with van der Waals surface area (Å²) in [5.41, 5.74) is 3.97. The van der Waals surface area contributed by atoms with Gasteiger partial charge in [0.15, 0.2) is 0 Å². The van der Waals surface area contributed by atoms with Crippen molar-refractivity contribution in [1.82, 2.24) is 14.5 Å². The maximum atomic E-state index is 14.4. The molecule has 6 nitrogen and oxygen atoms in total. The third-order valence-corrected chi connectivity index (χ3v) is 5.55. The van der Waals surface area contributed by atoms with Gasteiger partial charge in [-0.1, -0.05) is 23.7 Å². The topological polar surface area (TPSA) is 80.0 Å². The maximum Gasteiger partial charge on any atom is 0.337 e. The van der Waals surface area contributed by atoms with Crippen LogP contribution < -0.4 is 5.32 Å². The first-order valence-electron chi connectivity index (χ1n) is 9.69. The van der Waals surface area contributed by atoms with Crippen molar-refractivity contribution in [3.63, 3.8) is 0 Å². The number of nitrogens with one attached hydrogen (secondary N) is 1. The van der Waals surface area contributed by atoms with E-state index < -0.39 is 5.97 Å². The van der Waals surface area contributed by atoms with Gasteiger partial charge in [0.1, 0.15) is 18.0 Å². The predicted molar refractivity (Wildman–Crippen MR) is 119 cm³/mol. The van der Waals surface area contributed by atoms with Crippen LogP contribution in [0.3, 0.4) is 0 Å². The molecule has 4 aromatic rings. The number of fused-ring (bicyclic) bond motifs is 1. The van der Waals surface area contributed by atoms with Crippen molar-refractivity contribution in [3.05, 3.63) is 76.5 Å². The Morgan fingerprint density at radius 3 is 2.71 bits per heavy atom. The molecule has 0 atom stereocenters. The van der Waals surface area contributed by atoms with E-state index in [1.807, 2.05) is 24.5 Å². The zero-order valence-corrected chi connectivity index (χ0v) is 17.7. The molecule has 2 aromatic carbocycles. The number of carbonyl (C=O) groups is 1. The summed E-state index contributed by atoms with van der Waals surface area (Å²) in [4.78, 5) is 19.6. The fourth-order valence-corrected chi connectivity index (χ4v) is 3.91. The van der Waals surface area contributed by atoms with E-state index in [4.69, 9.17) is 16.7 Å². The fraction of sp³-hybridized carbons (Fsp3) is 0.174. The molecule has 2 heterocycles. The minimum absolute atomic E-state index is 0.0367. The monoisotopic (exact) mass is 438 g/mol. The number of aryl methyl sites for hydroxylation is 2. The Labute approximate surface area is 183 Å². The van der Waals surface area contributed by atoms with Crippen molar-refractivity contribution in [2.45, 2.75) is 20.4 Å². The van der Waals surface area contributed by atoms with Crippen molar-refractivity contribution in [2.24, 2.45) is 0 Å². The zero-order chi connectivity index (χ0) is 22.1.